The molecule has 30 heavy (non-hydrogen) atoms. The number of rotatable bonds is 10. The van der Waals surface area contributed by atoms with Crippen LogP contribution in [0.5, 0.6) is 5.75 Å². The van der Waals surface area contributed by atoms with E-state index < -0.39 is 27.8 Å². The first-order valence-corrected chi connectivity index (χ1v) is 12.1. The summed E-state index contributed by atoms with van der Waals surface area (Å²) in [6.07, 6.45) is 0.979. The van der Waals surface area contributed by atoms with E-state index in [0.717, 1.165) is 11.8 Å². The van der Waals surface area contributed by atoms with Crippen molar-refractivity contribution in [3.63, 3.8) is 0 Å². The number of amides is 1. The second-order valence-corrected chi connectivity index (χ2v) is 9.87. The summed E-state index contributed by atoms with van der Waals surface area (Å²) in [4.78, 5) is 25.0. The van der Waals surface area contributed by atoms with Crippen molar-refractivity contribution in [2.75, 3.05) is 25.2 Å². The molecule has 9 heteroatoms. The van der Waals surface area contributed by atoms with Gasteiger partial charge < -0.3 is 14.8 Å². The fourth-order valence-corrected chi connectivity index (χ4v) is 3.63. The number of carbonyl (C=O) groups excluding carboxylic acids is 2. The number of hydrogen-bond donors (Lipinski definition) is 1. The summed E-state index contributed by atoms with van der Waals surface area (Å²) in [5, 5.41) is 2.56. The maximum atomic E-state index is 12.5. The Morgan fingerprint density at radius 3 is 2.37 bits per heavy atom. The zero-order chi connectivity index (χ0) is 22.1. The lowest BCUT2D eigenvalue weighted by Crippen LogP contribution is -2.43. The van der Waals surface area contributed by atoms with E-state index in [2.05, 4.69) is 21.2 Å². The summed E-state index contributed by atoms with van der Waals surface area (Å²) in [6, 6.07) is 13.1. The third-order valence-corrected chi connectivity index (χ3v) is 5.77. The molecular weight excluding hydrogens is 474 g/mol. The highest BCUT2D eigenvalue weighted by molar-refractivity contribution is 9.10. The summed E-state index contributed by atoms with van der Waals surface area (Å²) in [6.45, 7) is 2.06. The van der Waals surface area contributed by atoms with Crippen LogP contribution in [0.15, 0.2) is 53.0 Å². The topological polar surface area (TPSA) is 98.8 Å². The Morgan fingerprint density at radius 2 is 1.73 bits per heavy atom. The first-order valence-electron chi connectivity index (χ1n) is 9.25. The largest absolute Gasteiger partial charge is 0.490 e. The van der Waals surface area contributed by atoms with E-state index in [1.807, 2.05) is 31.2 Å². The molecule has 1 unspecified atom stereocenters. The van der Waals surface area contributed by atoms with Crippen LogP contribution in [0.2, 0.25) is 0 Å². The number of benzene rings is 2. The third kappa shape index (κ3) is 8.16. The second kappa shape index (κ2) is 11.1. The van der Waals surface area contributed by atoms with Crippen LogP contribution in [-0.2, 0) is 19.4 Å². The number of esters is 1. The molecule has 0 heterocycles. The van der Waals surface area contributed by atoms with E-state index >= 15 is 0 Å². The fourth-order valence-electron chi connectivity index (χ4n) is 2.50. The molecule has 1 amide bonds. The van der Waals surface area contributed by atoms with Crippen LogP contribution in [0.4, 0.5) is 0 Å². The van der Waals surface area contributed by atoms with Gasteiger partial charge in [0.25, 0.3) is 5.91 Å². The predicted molar refractivity (Wildman–Crippen MR) is 117 cm³/mol. The molecule has 7 nitrogen and oxygen atoms in total. The molecule has 162 valence electrons. The number of hydrogen-bond acceptors (Lipinski definition) is 6. The van der Waals surface area contributed by atoms with E-state index in [0.29, 0.717) is 15.8 Å². The molecule has 0 fully saturated rings. The SMILES string of the molecule is Cc1ccc(OCCOC(=O)C(CCS(C)(=O)=O)NC(=O)c2ccccc2Br)cc1. The van der Waals surface area contributed by atoms with Gasteiger partial charge in [-0.15, -0.1) is 0 Å². The summed E-state index contributed by atoms with van der Waals surface area (Å²) < 4.78 is 34.3. The summed E-state index contributed by atoms with van der Waals surface area (Å²) >= 11 is 3.28. The minimum absolute atomic E-state index is 0.0347. The standard InChI is InChI=1S/C21H24BrNO6S/c1-15-7-9-16(10-8-15)28-12-13-29-21(25)19(11-14-30(2,26)27)23-20(24)17-5-3-4-6-18(17)22/h3-10,19H,11-14H2,1-2H3,(H,23,24). The Kier molecular flexibility index (Phi) is 8.86. The molecule has 0 saturated carbocycles. The van der Waals surface area contributed by atoms with Crippen LogP contribution in [0, 0.1) is 6.92 Å². The normalized spacial score (nSPS) is 12.1. The Morgan fingerprint density at radius 1 is 1.07 bits per heavy atom. The Balaban J connectivity index is 1.95. The third-order valence-electron chi connectivity index (χ3n) is 4.10. The molecule has 0 aliphatic rings. The van der Waals surface area contributed by atoms with Crippen molar-refractivity contribution in [1.29, 1.82) is 0 Å². The second-order valence-electron chi connectivity index (χ2n) is 6.75. The smallest absolute Gasteiger partial charge is 0.328 e. The molecule has 2 rings (SSSR count). The van der Waals surface area contributed by atoms with Gasteiger partial charge >= 0.3 is 5.97 Å². The molecule has 0 saturated heterocycles. The molecular formula is C21H24BrNO6S. The molecule has 0 aliphatic heterocycles. The number of carbonyl (C=O) groups is 2. The molecule has 0 aromatic heterocycles. The van der Waals surface area contributed by atoms with Crippen LogP contribution in [0.3, 0.4) is 0 Å². The van der Waals surface area contributed by atoms with Crippen molar-refractivity contribution in [2.24, 2.45) is 0 Å². The Hall–Kier alpha value is -2.39. The lowest BCUT2D eigenvalue weighted by atomic mass is 10.1. The molecule has 0 radical (unpaired) electrons. The molecule has 1 N–H and O–H groups in total. The highest BCUT2D eigenvalue weighted by Gasteiger charge is 2.25. The van der Waals surface area contributed by atoms with E-state index in [1.165, 1.54) is 0 Å². The number of sulfone groups is 1. The molecule has 2 aromatic carbocycles. The first kappa shape index (κ1) is 23.9. The zero-order valence-corrected chi connectivity index (χ0v) is 19.2. The van der Waals surface area contributed by atoms with Crippen molar-refractivity contribution < 1.29 is 27.5 Å². The lowest BCUT2D eigenvalue weighted by molar-refractivity contribution is -0.146. The van der Waals surface area contributed by atoms with Crippen LogP contribution in [-0.4, -0.2) is 51.6 Å². The van der Waals surface area contributed by atoms with Crippen molar-refractivity contribution >= 4 is 37.6 Å². The van der Waals surface area contributed by atoms with Crippen molar-refractivity contribution in [3.05, 3.63) is 64.1 Å². The summed E-state index contributed by atoms with van der Waals surface area (Å²) in [7, 11) is -3.32. The van der Waals surface area contributed by atoms with Gasteiger partial charge in [0, 0.05) is 10.7 Å². The van der Waals surface area contributed by atoms with Gasteiger partial charge in [-0.25, -0.2) is 13.2 Å². The van der Waals surface area contributed by atoms with Gasteiger partial charge in [-0.3, -0.25) is 4.79 Å². The first-order chi connectivity index (χ1) is 14.2. The van der Waals surface area contributed by atoms with E-state index in [1.54, 1.807) is 24.3 Å². The Labute approximate surface area is 184 Å². The molecule has 0 bridgehead atoms. The average molecular weight is 498 g/mol. The minimum atomic E-state index is -3.32. The monoisotopic (exact) mass is 497 g/mol. The highest BCUT2D eigenvalue weighted by atomic mass is 79.9. The van der Waals surface area contributed by atoms with Gasteiger partial charge in [-0.05, 0) is 53.5 Å². The minimum Gasteiger partial charge on any atom is -0.490 e. The van der Waals surface area contributed by atoms with E-state index in [-0.39, 0.29) is 25.4 Å². The van der Waals surface area contributed by atoms with Gasteiger partial charge in [-0.2, -0.15) is 0 Å². The number of halogens is 1. The quantitative estimate of drug-likeness (QED) is 0.400. The van der Waals surface area contributed by atoms with Gasteiger partial charge in [-0.1, -0.05) is 29.8 Å². The average Bonchev–Trinajstić information content (AvgIpc) is 2.69. The fraction of sp³-hybridized carbons (Fsp3) is 0.333. The maximum Gasteiger partial charge on any atom is 0.328 e. The molecule has 1 atom stereocenters. The van der Waals surface area contributed by atoms with Gasteiger partial charge in [0.2, 0.25) is 0 Å². The van der Waals surface area contributed by atoms with Crippen LogP contribution < -0.4 is 10.1 Å². The summed E-state index contributed by atoms with van der Waals surface area (Å²) in [5.41, 5.74) is 1.43. The van der Waals surface area contributed by atoms with Crippen LogP contribution in [0.25, 0.3) is 0 Å². The number of aryl methyl sites for hydroxylation is 1. The Bertz CT molecular complexity index is 975. The number of ether oxygens (including phenoxy) is 2. The highest BCUT2D eigenvalue weighted by Crippen LogP contribution is 2.16. The predicted octanol–water partition coefficient (Wildman–Crippen LogP) is 2.91. The van der Waals surface area contributed by atoms with E-state index in [9.17, 15) is 18.0 Å². The lowest BCUT2D eigenvalue weighted by Gasteiger charge is -2.18. The van der Waals surface area contributed by atoms with Crippen LogP contribution in [0.1, 0.15) is 22.3 Å². The summed E-state index contributed by atoms with van der Waals surface area (Å²) in [5.74, 6) is -0.837. The van der Waals surface area contributed by atoms with Gasteiger partial charge in [0.15, 0.2) is 0 Å². The number of nitrogens with one attached hydrogen (secondary N) is 1. The van der Waals surface area contributed by atoms with Gasteiger partial charge in [0.1, 0.15) is 34.8 Å². The molecule has 0 aliphatic carbocycles. The zero-order valence-electron chi connectivity index (χ0n) is 16.8. The van der Waals surface area contributed by atoms with Crippen molar-refractivity contribution in [2.45, 2.75) is 19.4 Å². The van der Waals surface area contributed by atoms with E-state index in [4.69, 9.17) is 9.47 Å². The maximum absolute atomic E-state index is 12.5. The molecule has 0 spiro atoms. The van der Waals surface area contributed by atoms with Crippen molar-refractivity contribution in [3.8, 4) is 5.75 Å². The van der Waals surface area contributed by atoms with Crippen LogP contribution >= 0.6 is 15.9 Å². The van der Waals surface area contributed by atoms with Crippen molar-refractivity contribution in [1.82, 2.24) is 5.32 Å². The molecule has 2 aromatic rings. The van der Waals surface area contributed by atoms with Gasteiger partial charge in [0.05, 0.1) is 11.3 Å².